The number of ether oxygens (including phenoxy) is 2. The van der Waals surface area contributed by atoms with Crippen molar-refractivity contribution in [2.45, 2.75) is 65.4 Å². The lowest BCUT2D eigenvalue weighted by atomic mass is 9.89. The molecule has 0 bridgehead atoms. The van der Waals surface area contributed by atoms with Gasteiger partial charge in [0.15, 0.2) is 5.75 Å². The first-order valence-corrected chi connectivity index (χ1v) is 8.11. The van der Waals surface area contributed by atoms with E-state index in [4.69, 9.17) is 9.47 Å². The molecule has 0 amide bonds. The van der Waals surface area contributed by atoms with E-state index in [2.05, 4.69) is 13.8 Å². The van der Waals surface area contributed by atoms with E-state index in [1.165, 1.54) is 12.5 Å². The minimum atomic E-state index is -0.857. The van der Waals surface area contributed by atoms with Crippen molar-refractivity contribution in [1.29, 1.82) is 0 Å². The molecule has 1 aromatic carbocycles. The first-order chi connectivity index (χ1) is 10.6. The fraction of sp³-hybridized carbons (Fsp3) is 0.579. The van der Waals surface area contributed by atoms with Gasteiger partial charge in [-0.05, 0) is 69.1 Å². The van der Waals surface area contributed by atoms with E-state index in [0.29, 0.717) is 11.3 Å². The fourth-order valence-corrected chi connectivity index (χ4v) is 3.00. The zero-order valence-electron chi connectivity index (χ0n) is 14.6. The van der Waals surface area contributed by atoms with E-state index in [9.17, 15) is 9.59 Å². The van der Waals surface area contributed by atoms with E-state index in [1.54, 1.807) is 26.8 Å². The highest BCUT2D eigenvalue weighted by Crippen LogP contribution is 2.45. The minimum Gasteiger partial charge on any atom is -0.428 e. The summed E-state index contributed by atoms with van der Waals surface area (Å²) in [6, 6.07) is 6.77. The molecule has 0 radical (unpaired) electrons. The molecule has 0 aliphatic heterocycles. The Kier molecular flexibility index (Phi) is 4.83. The van der Waals surface area contributed by atoms with Gasteiger partial charge in [-0.15, -0.1) is 0 Å². The van der Waals surface area contributed by atoms with Gasteiger partial charge in [0.1, 0.15) is 5.60 Å². The van der Waals surface area contributed by atoms with Crippen LogP contribution < -0.4 is 10.2 Å². The number of carbonyl (C=O) groups excluding carboxylic acids is 1. The normalized spacial score (nSPS) is 20.1. The van der Waals surface area contributed by atoms with Crippen LogP contribution in [0.4, 0.5) is 4.79 Å². The van der Waals surface area contributed by atoms with Crippen LogP contribution in [0.25, 0.3) is 0 Å². The third kappa shape index (κ3) is 5.08. The Hall–Kier alpha value is -1.84. The van der Waals surface area contributed by atoms with Gasteiger partial charge in [-0.25, -0.2) is 4.79 Å². The molecule has 0 spiro atoms. The maximum absolute atomic E-state index is 12.1. The molecule has 1 aliphatic carbocycles. The lowest BCUT2D eigenvalue weighted by Crippen LogP contribution is -2.26. The van der Waals surface area contributed by atoms with Gasteiger partial charge in [-0.1, -0.05) is 26.0 Å². The summed E-state index contributed by atoms with van der Waals surface area (Å²) in [5.74, 6) is 0.453. The van der Waals surface area contributed by atoms with E-state index >= 15 is 0 Å². The monoisotopic (exact) mass is 318 g/mol. The summed E-state index contributed by atoms with van der Waals surface area (Å²) in [5.41, 5.74) is 0.485. The third-order valence-electron chi connectivity index (χ3n) is 4.12. The fourth-order valence-electron chi connectivity index (χ4n) is 3.00. The summed E-state index contributed by atoms with van der Waals surface area (Å²) < 4.78 is 10.2. The topological polar surface area (TPSA) is 52.6 Å². The zero-order valence-corrected chi connectivity index (χ0v) is 14.6. The Labute approximate surface area is 137 Å². The van der Waals surface area contributed by atoms with E-state index < -0.39 is 11.8 Å². The van der Waals surface area contributed by atoms with Crippen molar-refractivity contribution >= 4 is 6.16 Å². The van der Waals surface area contributed by atoms with Crippen LogP contribution >= 0.6 is 0 Å². The summed E-state index contributed by atoms with van der Waals surface area (Å²) in [7, 11) is 0. The molecule has 1 fully saturated rings. The molecular weight excluding hydrogens is 292 g/mol. The Morgan fingerprint density at radius 1 is 1.17 bits per heavy atom. The van der Waals surface area contributed by atoms with Crippen molar-refractivity contribution < 1.29 is 14.3 Å². The molecule has 1 unspecified atom stereocenters. The third-order valence-corrected chi connectivity index (χ3v) is 4.12. The molecule has 1 saturated carbocycles. The Balaban J connectivity index is 2.16. The average molecular weight is 318 g/mol. The van der Waals surface area contributed by atoms with Crippen molar-refractivity contribution in [3.63, 3.8) is 0 Å². The molecule has 23 heavy (non-hydrogen) atoms. The summed E-state index contributed by atoms with van der Waals surface area (Å²) >= 11 is 0. The van der Waals surface area contributed by atoms with Crippen LogP contribution in [0.5, 0.6) is 5.75 Å². The highest BCUT2D eigenvalue weighted by atomic mass is 16.7. The molecule has 0 aromatic heterocycles. The zero-order chi connectivity index (χ0) is 17.3. The van der Waals surface area contributed by atoms with E-state index in [0.717, 1.165) is 18.4 Å². The number of carbonyl (C=O) groups is 1. The lowest BCUT2D eigenvalue weighted by Gasteiger charge is -2.18. The second kappa shape index (κ2) is 6.34. The highest BCUT2D eigenvalue weighted by molar-refractivity contribution is 5.64. The first-order valence-electron chi connectivity index (χ1n) is 8.11. The second-order valence-electron chi connectivity index (χ2n) is 8.07. The molecule has 1 atom stereocenters. The molecule has 0 saturated heterocycles. The van der Waals surface area contributed by atoms with Gasteiger partial charge in [-0.3, -0.25) is 4.79 Å². The molecule has 1 aliphatic rings. The second-order valence-corrected chi connectivity index (χ2v) is 8.07. The van der Waals surface area contributed by atoms with Gasteiger partial charge >= 0.3 is 6.16 Å². The molecule has 0 N–H and O–H groups in total. The summed E-state index contributed by atoms with van der Waals surface area (Å²) in [5, 5.41) is 0. The predicted octanol–water partition coefficient (Wildman–Crippen LogP) is 4.65. The molecule has 1 aromatic rings. The van der Waals surface area contributed by atoms with Gasteiger partial charge < -0.3 is 9.47 Å². The Bertz CT molecular complexity index is 640. The van der Waals surface area contributed by atoms with Crippen LogP contribution in [0.15, 0.2) is 29.1 Å². The van der Waals surface area contributed by atoms with Crippen LogP contribution in [0.3, 0.4) is 0 Å². The van der Waals surface area contributed by atoms with E-state index in [-0.39, 0.29) is 11.2 Å². The van der Waals surface area contributed by atoms with Crippen LogP contribution in [-0.2, 0) is 4.74 Å². The maximum atomic E-state index is 12.1. The van der Waals surface area contributed by atoms with Gasteiger partial charge in [-0.2, -0.15) is 0 Å². The number of rotatable bonds is 2. The molecule has 2 rings (SSSR count). The Morgan fingerprint density at radius 3 is 2.39 bits per heavy atom. The summed E-state index contributed by atoms with van der Waals surface area (Å²) in [6.45, 7) is 9.78. The van der Waals surface area contributed by atoms with Crippen LogP contribution in [0, 0.1) is 5.41 Å². The number of hydrogen-bond acceptors (Lipinski definition) is 4. The van der Waals surface area contributed by atoms with Gasteiger partial charge in [0.25, 0.3) is 0 Å². The lowest BCUT2D eigenvalue weighted by molar-refractivity contribution is 0.0204. The molecule has 0 heterocycles. The minimum absolute atomic E-state index is 0.00255. The van der Waals surface area contributed by atoms with Crippen LogP contribution in [0.2, 0.25) is 0 Å². The molecule has 126 valence electrons. The van der Waals surface area contributed by atoms with Crippen LogP contribution in [-0.4, -0.2) is 11.8 Å². The number of hydrogen-bond donors (Lipinski definition) is 0. The standard InChI is InChI=1S/C19H26O4/c1-18(2,3)23-17(21)22-16-9-7-13(6-8-15(16)20)14-10-11-19(4,5)12-14/h6-9,14H,10-12H2,1-5H3. The van der Waals surface area contributed by atoms with Gasteiger partial charge in [0.05, 0.1) is 0 Å². The quantitative estimate of drug-likeness (QED) is 0.745. The van der Waals surface area contributed by atoms with Crippen molar-refractivity contribution in [1.82, 2.24) is 0 Å². The van der Waals surface area contributed by atoms with Crippen LogP contribution in [0.1, 0.15) is 65.4 Å². The van der Waals surface area contributed by atoms with Gasteiger partial charge in [0, 0.05) is 0 Å². The largest absolute Gasteiger partial charge is 0.514 e. The maximum Gasteiger partial charge on any atom is 0.514 e. The first kappa shape index (κ1) is 17.5. The molecule has 4 heteroatoms. The van der Waals surface area contributed by atoms with Gasteiger partial charge in [0.2, 0.25) is 5.43 Å². The van der Waals surface area contributed by atoms with Crippen molar-refractivity contribution in [2.24, 2.45) is 5.41 Å². The molecular formula is C19H26O4. The Morgan fingerprint density at radius 2 is 1.83 bits per heavy atom. The highest BCUT2D eigenvalue weighted by Gasteiger charge is 2.31. The summed E-state index contributed by atoms with van der Waals surface area (Å²) in [4.78, 5) is 23.8. The van der Waals surface area contributed by atoms with E-state index in [1.807, 2.05) is 12.1 Å². The smallest absolute Gasteiger partial charge is 0.428 e. The van der Waals surface area contributed by atoms with Crippen molar-refractivity contribution in [3.05, 3.63) is 40.1 Å². The summed E-state index contributed by atoms with van der Waals surface area (Å²) in [6.07, 6.45) is 2.55. The SMILES string of the molecule is CC1(C)CCC(c2ccc(OC(=O)OC(C)(C)C)c(=O)cc2)C1. The average Bonchev–Trinajstić information content (AvgIpc) is 2.64. The predicted molar refractivity (Wildman–Crippen MR) is 89.9 cm³/mol. The van der Waals surface area contributed by atoms with Crippen molar-refractivity contribution in [2.75, 3.05) is 0 Å². The molecule has 4 nitrogen and oxygen atoms in total. The van der Waals surface area contributed by atoms with Crippen molar-refractivity contribution in [3.8, 4) is 5.75 Å².